The van der Waals surface area contributed by atoms with Crippen LogP contribution in [0.15, 0.2) is 48.5 Å². The summed E-state index contributed by atoms with van der Waals surface area (Å²) >= 11 is 0. The highest BCUT2D eigenvalue weighted by molar-refractivity contribution is 5.34. The summed E-state index contributed by atoms with van der Waals surface area (Å²) < 4.78 is 19.5. The predicted molar refractivity (Wildman–Crippen MR) is 83.5 cm³/mol. The zero-order valence-corrected chi connectivity index (χ0v) is 12.3. The van der Waals surface area contributed by atoms with Gasteiger partial charge in [-0.15, -0.1) is 0 Å². The number of halogens is 1. The van der Waals surface area contributed by atoms with Crippen LogP contribution in [0.3, 0.4) is 0 Å². The molecule has 2 aromatic rings. The zero-order chi connectivity index (χ0) is 15.4. The minimum atomic E-state index is -0.493. The molecule has 1 heterocycles. The summed E-state index contributed by atoms with van der Waals surface area (Å²) in [6, 6.07) is 13.9. The van der Waals surface area contributed by atoms with Crippen LogP contribution in [0.1, 0.15) is 24.5 Å². The van der Waals surface area contributed by atoms with Crippen molar-refractivity contribution in [2.24, 2.45) is 5.92 Å². The lowest BCUT2D eigenvalue weighted by molar-refractivity contribution is 0.112. The van der Waals surface area contributed by atoms with Crippen LogP contribution in [-0.2, 0) is 0 Å². The maximum atomic E-state index is 13.5. The number of nitrogens with one attached hydrogen (secondary N) is 1. The second kappa shape index (κ2) is 6.79. The molecule has 2 aromatic carbocycles. The molecule has 0 radical (unpaired) electrons. The van der Waals surface area contributed by atoms with E-state index in [4.69, 9.17) is 4.74 Å². The fourth-order valence-electron chi connectivity index (χ4n) is 2.99. The van der Waals surface area contributed by atoms with Crippen molar-refractivity contribution < 1.29 is 14.2 Å². The Morgan fingerprint density at radius 3 is 2.50 bits per heavy atom. The molecule has 0 bridgehead atoms. The third-order valence-corrected chi connectivity index (χ3v) is 4.06. The number of hydrogen-bond donors (Lipinski definition) is 2. The Hall–Kier alpha value is -2.07. The van der Waals surface area contributed by atoms with Crippen molar-refractivity contribution in [1.29, 1.82) is 0 Å². The van der Waals surface area contributed by atoms with Crippen LogP contribution in [0.25, 0.3) is 0 Å². The van der Waals surface area contributed by atoms with E-state index >= 15 is 0 Å². The molecule has 1 fully saturated rings. The molecule has 1 saturated heterocycles. The van der Waals surface area contributed by atoms with Gasteiger partial charge in [0.2, 0.25) is 0 Å². The van der Waals surface area contributed by atoms with Gasteiger partial charge in [-0.25, -0.2) is 4.39 Å². The monoisotopic (exact) mass is 301 g/mol. The second-order valence-corrected chi connectivity index (χ2v) is 5.68. The highest BCUT2D eigenvalue weighted by atomic mass is 19.1. The summed E-state index contributed by atoms with van der Waals surface area (Å²) in [5, 5.41) is 12.9. The summed E-state index contributed by atoms with van der Waals surface area (Å²) in [5.41, 5.74) is 1.08. The standard InChI is InChI=1S/C18H20FNO2/c19-15-10-16(21)12-17(11-15)22-18(13-4-2-1-3-5-13)14-6-8-20-9-7-14/h1-5,10-12,14,18,20-21H,6-9H2/t18-/m0/s1. The topological polar surface area (TPSA) is 41.5 Å². The van der Waals surface area contributed by atoms with Gasteiger partial charge in [-0.1, -0.05) is 30.3 Å². The Balaban J connectivity index is 1.87. The first-order valence-electron chi connectivity index (χ1n) is 7.64. The van der Waals surface area contributed by atoms with Crippen LogP contribution in [0.2, 0.25) is 0 Å². The van der Waals surface area contributed by atoms with Crippen LogP contribution in [0, 0.1) is 11.7 Å². The smallest absolute Gasteiger partial charge is 0.130 e. The number of aromatic hydroxyl groups is 1. The molecule has 0 amide bonds. The van der Waals surface area contributed by atoms with Crippen molar-refractivity contribution in [3.63, 3.8) is 0 Å². The third-order valence-electron chi connectivity index (χ3n) is 4.06. The van der Waals surface area contributed by atoms with E-state index in [-0.39, 0.29) is 11.9 Å². The molecule has 0 aromatic heterocycles. The highest BCUT2D eigenvalue weighted by Gasteiger charge is 2.27. The average Bonchev–Trinajstić information content (AvgIpc) is 2.53. The van der Waals surface area contributed by atoms with E-state index in [0.717, 1.165) is 37.6 Å². The van der Waals surface area contributed by atoms with Gasteiger partial charge in [-0.2, -0.15) is 0 Å². The molecule has 1 atom stereocenters. The number of benzene rings is 2. The summed E-state index contributed by atoms with van der Waals surface area (Å²) in [4.78, 5) is 0. The maximum absolute atomic E-state index is 13.5. The minimum Gasteiger partial charge on any atom is -0.508 e. The first-order chi connectivity index (χ1) is 10.7. The number of phenolic OH excluding ortho intramolecular Hbond substituents is 1. The quantitative estimate of drug-likeness (QED) is 0.905. The lowest BCUT2D eigenvalue weighted by atomic mass is 9.88. The minimum absolute atomic E-state index is 0.118. The molecule has 0 spiro atoms. The van der Waals surface area contributed by atoms with Crippen LogP contribution < -0.4 is 10.1 Å². The van der Waals surface area contributed by atoms with Gasteiger partial charge in [0.1, 0.15) is 23.4 Å². The lowest BCUT2D eigenvalue weighted by Gasteiger charge is -2.31. The normalized spacial score (nSPS) is 17.1. The van der Waals surface area contributed by atoms with Gasteiger partial charge in [-0.3, -0.25) is 0 Å². The Labute approximate surface area is 129 Å². The molecule has 3 nitrogen and oxygen atoms in total. The van der Waals surface area contributed by atoms with E-state index in [9.17, 15) is 9.50 Å². The van der Waals surface area contributed by atoms with Crippen LogP contribution in [0.5, 0.6) is 11.5 Å². The Bertz CT molecular complexity index is 591. The molecule has 0 aliphatic carbocycles. The summed E-state index contributed by atoms with van der Waals surface area (Å²) in [6.45, 7) is 1.93. The predicted octanol–water partition coefficient (Wildman–Crippen LogP) is 3.65. The number of piperidine rings is 1. The third kappa shape index (κ3) is 3.57. The molecule has 4 heteroatoms. The molecule has 1 aliphatic heterocycles. The number of ether oxygens (including phenoxy) is 1. The maximum Gasteiger partial charge on any atom is 0.130 e. The van der Waals surface area contributed by atoms with Crippen molar-refractivity contribution in [2.45, 2.75) is 18.9 Å². The molecule has 116 valence electrons. The van der Waals surface area contributed by atoms with Gasteiger partial charge in [0.05, 0.1) is 0 Å². The molecule has 1 aliphatic rings. The van der Waals surface area contributed by atoms with E-state index in [1.54, 1.807) is 0 Å². The van der Waals surface area contributed by atoms with E-state index in [0.29, 0.717) is 11.7 Å². The summed E-state index contributed by atoms with van der Waals surface area (Å²) in [5.74, 6) is 0.123. The first kappa shape index (κ1) is 14.9. The van der Waals surface area contributed by atoms with Crippen molar-refractivity contribution in [3.8, 4) is 11.5 Å². The fourth-order valence-corrected chi connectivity index (χ4v) is 2.99. The van der Waals surface area contributed by atoms with Crippen molar-refractivity contribution in [2.75, 3.05) is 13.1 Å². The van der Waals surface area contributed by atoms with Gasteiger partial charge in [0, 0.05) is 24.1 Å². The van der Waals surface area contributed by atoms with E-state index in [1.165, 1.54) is 12.1 Å². The van der Waals surface area contributed by atoms with E-state index in [1.807, 2.05) is 30.3 Å². The van der Waals surface area contributed by atoms with Gasteiger partial charge < -0.3 is 15.2 Å². The molecular weight excluding hydrogens is 281 g/mol. The SMILES string of the molecule is Oc1cc(F)cc(O[C@@H](c2ccccc2)C2CCNCC2)c1. The Morgan fingerprint density at radius 2 is 1.82 bits per heavy atom. The number of phenols is 1. The average molecular weight is 301 g/mol. The van der Waals surface area contributed by atoms with Crippen molar-refractivity contribution >= 4 is 0 Å². The zero-order valence-electron chi connectivity index (χ0n) is 12.3. The van der Waals surface area contributed by atoms with Gasteiger partial charge in [0.15, 0.2) is 0 Å². The highest BCUT2D eigenvalue weighted by Crippen LogP contribution is 2.34. The lowest BCUT2D eigenvalue weighted by Crippen LogP contribution is -2.32. The Kier molecular flexibility index (Phi) is 4.59. The molecule has 0 saturated carbocycles. The van der Waals surface area contributed by atoms with Gasteiger partial charge in [-0.05, 0) is 31.5 Å². The van der Waals surface area contributed by atoms with Gasteiger partial charge >= 0.3 is 0 Å². The van der Waals surface area contributed by atoms with Crippen molar-refractivity contribution in [3.05, 3.63) is 59.9 Å². The molecule has 22 heavy (non-hydrogen) atoms. The van der Waals surface area contributed by atoms with E-state index < -0.39 is 5.82 Å². The second-order valence-electron chi connectivity index (χ2n) is 5.68. The first-order valence-corrected chi connectivity index (χ1v) is 7.64. The molecular formula is C18H20FNO2. The summed E-state index contributed by atoms with van der Waals surface area (Å²) in [7, 11) is 0. The van der Waals surface area contributed by atoms with Crippen LogP contribution in [-0.4, -0.2) is 18.2 Å². The molecule has 2 N–H and O–H groups in total. The van der Waals surface area contributed by atoms with E-state index in [2.05, 4.69) is 5.32 Å². The Morgan fingerprint density at radius 1 is 1.09 bits per heavy atom. The molecule has 3 rings (SSSR count). The summed E-state index contributed by atoms with van der Waals surface area (Å²) in [6.07, 6.45) is 1.89. The fraction of sp³-hybridized carbons (Fsp3) is 0.333. The molecule has 0 unspecified atom stereocenters. The van der Waals surface area contributed by atoms with Crippen LogP contribution in [0.4, 0.5) is 4.39 Å². The van der Waals surface area contributed by atoms with Crippen LogP contribution >= 0.6 is 0 Å². The van der Waals surface area contributed by atoms with Crippen molar-refractivity contribution in [1.82, 2.24) is 5.32 Å². The van der Waals surface area contributed by atoms with Gasteiger partial charge in [0.25, 0.3) is 0 Å². The largest absolute Gasteiger partial charge is 0.508 e. The number of hydrogen-bond acceptors (Lipinski definition) is 3. The number of rotatable bonds is 4.